The number of piperidine rings is 1. The van der Waals surface area contributed by atoms with Crippen LogP contribution in [-0.4, -0.2) is 28.0 Å². The number of benzene rings is 1. The average molecular weight is 258 g/mol. The Bertz CT molecular complexity index is 623. The molecular formula is C13H14N4O2. The van der Waals surface area contributed by atoms with E-state index >= 15 is 0 Å². The van der Waals surface area contributed by atoms with Crippen molar-refractivity contribution in [1.29, 1.82) is 0 Å². The number of hydrogen-bond donors (Lipinski definition) is 0. The zero-order valence-electron chi connectivity index (χ0n) is 10.5. The third-order valence-corrected chi connectivity index (χ3v) is 3.45. The van der Waals surface area contributed by atoms with Gasteiger partial charge >= 0.3 is 0 Å². The first kappa shape index (κ1) is 11.8. The molecule has 0 amide bonds. The van der Waals surface area contributed by atoms with Gasteiger partial charge in [-0.1, -0.05) is 0 Å². The molecule has 0 spiro atoms. The van der Waals surface area contributed by atoms with Gasteiger partial charge in [0.25, 0.3) is 5.69 Å². The molecule has 1 aromatic carbocycles. The van der Waals surface area contributed by atoms with Crippen LogP contribution in [0.15, 0.2) is 24.5 Å². The number of nitrogens with zero attached hydrogens (tertiary/aromatic N) is 4. The summed E-state index contributed by atoms with van der Waals surface area (Å²) < 4.78 is 0. The summed E-state index contributed by atoms with van der Waals surface area (Å²) in [6.07, 6.45) is 6.64. The molecule has 0 bridgehead atoms. The van der Waals surface area contributed by atoms with Crippen molar-refractivity contribution in [2.45, 2.75) is 19.3 Å². The number of rotatable bonds is 2. The number of nitro groups is 1. The van der Waals surface area contributed by atoms with E-state index in [4.69, 9.17) is 0 Å². The van der Waals surface area contributed by atoms with E-state index in [0.717, 1.165) is 37.1 Å². The summed E-state index contributed by atoms with van der Waals surface area (Å²) in [5.74, 6) is 0. The van der Waals surface area contributed by atoms with Crippen LogP contribution in [0.1, 0.15) is 19.3 Å². The van der Waals surface area contributed by atoms with Crippen LogP contribution in [0.25, 0.3) is 11.0 Å². The lowest BCUT2D eigenvalue weighted by Crippen LogP contribution is -2.29. The van der Waals surface area contributed by atoms with E-state index in [0.29, 0.717) is 5.52 Å². The minimum absolute atomic E-state index is 0.0774. The lowest BCUT2D eigenvalue weighted by Gasteiger charge is -2.29. The maximum atomic E-state index is 11.0. The van der Waals surface area contributed by atoms with Crippen LogP contribution < -0.4 is 4.90 Å². The number of non-ortho nitro benzene ring substituents is 1. The molecule has 3 rings (SSSR count). The molecule has 0 unspecified atom stereocenters. The molecular weight excluding hydrogens is 244 g/mol. The fraction of sp³-hybridized carbons (Fsp3) is 0.385. The molecule has 0 saturated carbocycles. The highest BCUT2D eigenvalue weighted by atomic mass is 16.6. The highest BCUT2D eigenvalue weighted by Crippen LogP contribution is 2.31. The number of fused-ring (bicyclic) bond motifs is 1. The third-order valence-electron chi connectivity index (χ3n) is 3.45. The van der Waals surface area contributed by atoms with Gasteiger partial charge in [0.15, 0.2) is 0 Å². The SMILES string of the molecule is O=[N+]([O-])c1cc(N2CCCCC2)c2nccnc2c1. The van der Waals surface area contributed by atoms with E-state index in [1.165, 1.54) is 12.5 Å². The molecule has 98 valence electrons. The average Bonchev–Trinajstić information content (AvgIpc) is 2.47. The van der Waals surface area contributed by atoms with Crippen molar-refractivity contribution >= 4 is 22.4 Å². The Morgan fingerprint density at radius 1 is 1.11 bits per heavy atom. The molecule has 1 fully saturated rings. The van der Waals surface area contributed by atoms with Gasteiger partial charge in [-0.2, -0.15) is 0 Å². The fourth-order valence-electron chi connectivity index (χ4n) is 2.52. The van der Waals surface area contributed by atoms with E-state index in [9.17, 15) is 10.1 Å². The molecule has 0 radical (unpaired) electrons. The minimum Gasteiger partial charge on any atom is -0.370 e. The van der Waals surface area contributed by atoms with Gasteiger partial charge in [0.1, 0.15) is 5.52 Å². The summed E-state index contributed by atoms with van der Waals surface area (Å²) in [5, 5.41) is 11.0. The molecule has 6 nitrogen and oxygen atoms in total. The molecule has 2 heterocycles. The molecule has 0 aliphatic carbocycles. The zero-order chi connectivity index (χ0) is 13.2. The Morgan fingerprint density at radius 3 is 2.58 bits per heavy atom. The highest BCUT2D eigenvalue weighted by Gasteiger charge is 2.19. The maximum Gasteiger partial charge on any atom is 0.273 e. The zero-order valence-corrected chi connectivity index (χ0v) is 10.5. The maximum absolute atomic E-state index is 11.0. The van der Waals surface area contributed by atoms with Gasteiger partial charge in [-0.05, 0) is 19.3 Å². The normalized spacial score (nSPS) is 15.7. The molecule has 1 aliphatic rings. The van der Waals surface area contributed by atoms with Crippen LogP contribution in [0.5, 0.6) is 0 Å². The molecule has 1 saturated heterocycles. The van der Waals surface area contributed by atoms with Gasteiger partial charge in [0.05, 0.1) is 16.1 Å². The summed E-state index contributed by atoms with van der Waals surface area (Å²) in [6, 6.07) is 3.10. The summed E-state index contributed by atoms with van der Waals surface area (Å²) in [4.78, 5) is 21.3. The monoisotopic (exact) mass is 258 g/mol. The molecule has 2 aromatic rings. The largest absolute Gasteiger partial charge is 0.370 e. The van der Waals surface area contributed by atoms with Gasteiger partial charge < -0.3 is 4.90 Å². The van der Waals surface area contributed by atoms with Crippen molar-refractivity contribution in [2.75, 3.05) is 18.0 Å². The van der Waals surface area contributed by atoms with Crippen LogP contribution in [0.3, 0.4) is 0 Å². The Labute approximate surface area is 110 Å². The summed E-state index contributed by atoms with van der Waals surface area (Å²) in [6.45, 7) is 1.85. The summed E-state index contributed by atoms with van der Waals surface area (Å²) in [5.41, 5.74) is 2.23. The number of aromatic nitrogens is 2. The van der Waals surface area contributed by atoms with E-state index in [1.807, 2.05) is 0 Å². The van der Waals surface area contributed by atoms with E-state index in [2.05, 4.69) is 14.9 Å². The van der Waals surface area contributed by atoms with Gasteiger partial charge in [0, 0.05) is 37.6 Å². The summed E-state index contributed by atoms with van der Waals surface area (Å²) >= 11 is 0. The summed E-state index contributed by atoms with van der Waals surface area (Å²) in [7, 11) is 0. The lowest BCUT2D eigenvalue weighted by molar-refractivity contribution is -0.384. The molecule has 19 heavy (non-hydrogen) atoms. The Morgan fingerprint density at radius 2 is 1.84 bits per heavy atom. The predicted molar refractivity (Wildman–Crippen MR) is 72.3 cm³/mol. The second-order valence-electron chi connectivity index (χ2n) is 4.69. The number of hydrogen-bond acceptors (Lipinski definition) is 5. The van der Waals surface area contributed by atoms with Crippen LogP contribution in [-0.2, 0) is 0 Å². The van der Waals surface area contributed by atoms with Crippen LogP contribution in [0, 0.1) is 10.1 Å². The van der Waals surface area contributed by atoms with Crippen LogP contribution in [0.2, 0.25) is 0 Å². The van der Waals surface area contributed by atoms with E-state index < -0.39 is 0 Å². The lowest BCUT2D eigenvalue weighted by atomic mass is 10.1. The van der Waals surface area contributed by atoms with Crippen LogP contribution >= 0.6 is 0 Å². The topological polar surface area (TPSA) is 72.2 Å². The predicted octanol–water partition coefficient (Wildman–Crippen LogP) is 2.53. The molecule has 0 N–H and O–H groups in total. The standard InChI is InChI=1S/C13H14N4O2/c18-17(19)10-8-11-13(15-5-4-14-11)12(9-10)16-6-2-1-3-7-16/h4-5,8-9H,1-3,6-7H2. The Hall–Kier alpha value is -2.24. The van der Waals surface area contributed by atoms with Crippen molar-refractivity contribution in [2.24, 2.45) is 0 Å². The quantitative estimate of drug-likeness (QED) is 0.611. The van der Waals surface area contributed by atoms with Crippen molar-refractivity contribution in [3.63, 3.8) is 0 Å². The van der Waals surface area contributed by atoms with Crippen molar-refractivity contribution in [3.05, 3.63) is 34.6 Å². The molecule has 1 aliphatic heterocycles. The van der Waals surface area contributed by atoms with Crippen molar-refractivity contribution < 1.29 is 4.92 Å². The number of anilines is 1. The molecule has 0 atom stereocenters. The first-order valence-electron chi connectivity index (χ1n) is 6.40. The second-order valence-corrected chi connectivity index (χ2v) is 4.69. The van der Waals surface area contributed by atoms with E-state index in [1.54, 1.807) is 18.5 Å². The molecule has 1 aromatic heterocycles. The first-order chi connectivity index (χ1) is 9.25. The van der Waals surface area contributed by atoms with Crippen molar-refractivity contribution in [1.82, 2.24) is 9.97 Å². The molecule has 6 heteroatoms. The minimum atomic E-state index is -0.373. The third kappa shape index (κ3) is 2.21. The first-order valence-corrected chi connectivity index (χ1v) is 6.40. The van der Waals surface area contributed by atoms with E-state index in [-0.39, 0.29) is 10.6 Å². The fourth-order valence-corrected chi connectivity index (χ4v) is 2.52. The second kappa shape index (κ2) is 4.79. The van der Waals surface area contributed by atoms with Gasteiger partial charge in [-0.25, -0.2) is 0 Å². The Kier molecular flexibility index (Phi) is 2.98. The van der Waals surface area contributed by atoms with Gasteiger partial charge in [-0.15, -0.1) is 0 Å². The van der Waals surface area contributed by atoms with Crippen LogP contribution in [0.4, 0.5) is 11.4 Å². The smallest absolute Gasteiger partial charge is 0.273 e. The number of nitro benzene ring substituents is 1. The van der Waals surface area contributed by atoms with Gasteiger partial charge in [-0.3, -0.25) is 20.1 Å². The van der Waals surface area contributed by atoms with Gasteiger partial charge in [0.2, 0.25) is 0 Å². The highest BCUT2D eigenvalue weighted by molar-refractivity contribution is 5.90. The van der Waals surface area contributed by atoms with Crippen molar-refractivity contribution in [3.8, 4) is 0 Å². The Balaban J connectivity index is 2.16.